The maximum Gasteiger partial charge on any atom is 0.246 e. The number of aliphatic hydroxyl groups is 1. The quantitative estimate of drug-likeness (QED) is 0.0192. The highest BCUT2D eigenvalue weighted by Crippen LogP contribution is 2.48. The number of rotatable bonds is 33. The molecule has 3 aliphatic rings. The minimum Gasteiger partial charge on any atom is -0.495 e. The fraction of sp³-hybridized carbons (Fsp3) is 0.478. The Kier molecular flexibility index (Phi) is 24.2. The van der Waals surface area contributed by atoms with E-state index in [9.17, 15) is 33.5 Å². The molecule has 6 aromatic rings. The summed E-state index contributed by atoms with van der Waals surface area (Å²) < 4.78 is 60.0. The lowest BCUT2D eigenvalue weighted by Gasteiger charge is -2.35. The van der Waals surface area contributed by atoms with E-state index in [1.165, 1.54) is 29.2 Å². The van der Waals surface area contributed by atoms with Gasteiger partial charge in [0.05, 0.1) is 119 Å². The number of β-amino-alcohol motifs (C(OH)–C–C–N with tert-alkyl or cyclic N) is 1. The summed E-state index contributed by atoms with van der Waals surface area (Å²) in [5.41, 5.74) is 5.45. The second kappa shape index (κ2) is 32.6. The van der Waals surface area contributed by atoms with E-state index in [4.69, 9.17) is 37.9 Å². The van der Waals surface area contributed by atoms with Crippen molar-refractivity contribution >= 4 is 68.8 Å². The molecular formula is C67H83FN8O14S. The van der Waals surface area contributed by atoms with Crippen molar-refractivity contribution in [3.05, 3.63) is 120 Å². The van der Waals surface area contributed by atoms with Crippen LogP contribution in [-0.2, 0) is 58.9 Å². The first-order valence-electron chi connectivity index (χ1n) is 30.9. The Morgan fingerprint density at radius 2 is 1.34 bits per heavy atom. The number of anilines is 3. The summed E-state index contributed by atoms with van der Waals surface area (Å²) in [6.07, 6.45) is 3.53. The highest BCUT2D eigenvalue weighted by molar-refractivity contribution is 7.13. The molecule has 2 aliphatic heterocycles. The average Bonchev–Trinajstić information content (AvgIpc) is 1.70. The number of piperidine rings is 1. The minimum absolute atomic E-state index is 0.0121. The van der Waals surface area contributed by atoms with Crippen LogP contribution < -0.4 is 35.6 Å². The number of carbonyl (C=O) groups is 5. The van der Waals surface area contributed by atoms with Gasteiger partial charge in [-0.25, -0.2) is 9.37 Å². The van der Waals surface area contributed by atoms with Gasteiger partial charge in [-0.05, 0) is 116 Å². The fourth-order valence-corrected chi connectivity index (χ4v) is 11.6. The number of benzene rings is 4. The first kappa shape index (κ1) is 67.7. The van der Waals surface area contributed by atoms with Gasteiger partial charge in [-0.1, -0.05) is 45.0 Å². The van der Waals surface area contributed by atoms with Crippen molar-refractivity contribution in [2.24, 2.45) is 10.8 Å². The number of hydrogen-bond donors (Lipinski definition) is 5. The molecule has 2 saturated heterocycles. The normalized spacial score (nSPS) is 16.7. The molecule has 5 N–H and O–H groups in total. The van der Waals surface area contributed by atoms with Gasteiger partial charge in [-0.2, -0.15) is 0 Å². The smallest absolute Gasteiger partial charge is 0.246 e. The van der Waals surface area contributed by atoms with E-state index in [-0.39, 0.29) is 57.1 Å². The van der Waals surface area contributed by atoms with Gasteiger partial charge in [-0.3, -0.25) is 29.0 Å². The molecule has 0 bridgehead atoms. The molecule has 0 spiro atoms. The number of nitrogens with one attached hydrogen (secondary N) is 4. The third kappa shape index (κ3) is 19.0. The van der Waals surface area contributed by atoms with Crippen LogP contribution in [0.5, 0.6) is 17.2 Å². The van der Waals surface area contributed by atoms with E-state index in [1.807, 2.05) is 69.6 Å². The van der Waals surface area contributed by atoms with Crippen LogP contribution in [0, 0.1) is 23.6 Å². The predicted molar refractivity (Wildman–Crippen MR) is 342 cm³/mol. The summed E-state index contributed by atoms with van der Waals surface area (Å²) >= 11 is 1.57. The lowest BCUT2D eigenvalue weighted by atomic mass is 9.85. The molecule has 91 heavy (non-hydrogen) atoms. The topological polar surface area (TPSA) is 260 Å². The van der Waals surface area contributed by atoms with Gasteiger partial charge in [0.2, 0.25) is 29.5 Å². The van der Waals surface area contributed by atoms with E-state index in [0.29, 0.717) is 101 Å². The van der Waals surface area contributed by atoms with Gasteiger partial charge < -0.3 is 74.1 Å². The zero-order chi connectivity index (χ0) is 64.3. The van der Waals surface area contributed by atoms with E-state index in [1.54, 1.807) is 55.0 Å². The Balaban J connectivity index is 0.575. The minimum atomic E-state index is -1.18. The van der Waals surface area contributed by atoms with Crippen molar-refractivity contribution in [2.45, 2.75) is 97.1 Å². The first-order chi connectivity index (χ1) is 44.0. The fourth-order valence-electron chi connectivity index (χ4n) is 10.8. The van der Waals surface area contributed by atoms with Crippen molar-refractivity contribution in [3.8, 4) is 27.7 Å². The van der Waals surface area contributed by atoms with E-state index >= 15 is 0 Å². The zero-order valence-corrected chi connectivity index (χ0v) is 53.1. The molecule has 9 rings (SSSR count). The number of fused-ring (bicyclic) bond motifs is 1. The second-order valence-electron chi connectivity index (χ2n) is 23.8. The van der Waals surface area contributed by atoms with Crippen molar-refractivity contribution in [3.63, 3.8) is 0 Å². The number of ether oxygens (including phenoxy) is 8. The molecular weight excluding hydrogens is 1190 g/mol. The van der Waals surface area contributed by atoms with Crippen molar-refractivity contribution < 1.29 is 71.4 Å². The van der Waals surface area contributed by atoms with Crippen LogP contribution in [0.15, 0.2) is 103 Å². The van der Waals surface area contributed by atoms with E-state index < -0.39 is 52.6 Å². The van der Waals surface area contributed by atoms with Gasteiger partial charge in [0, 0.05) is 62.0 Å². The zero-order valence-electron chi connectivity index (χ0n) is 52.3. The molecule has 24 heteroatoms. The Hall–Kier alpha value is -7.68. The number of thiazole rings is 1. The monoisotopic (exact) mass is 1270 g/mol. The molecule has 0 radical (unpaired) electrons. The van der Waals surface area contributed by atoms with Crippen LogP contribution in [0.2, 0.25) is 0 Å². The van der Waals surface area contributed by atoms with Crippen LogP contribution in [0.25, 0.3) is 21.3 Å². The number of methoxy groups -OCH3 is 1. The lowest BCUT2D eigenvalue weighted by Crippen LogP contribution is -2.57. The van der Waals surface area contributed by atoms with Gasteiger partial charge in [0.15, 0.2) is 0 Å². The van der Waals surface area contributed by atoms with Crippen LogP contribution >= 0.6 is 11.3 Å². The number of halogens is 1. The Bertz CT molecular complexity index is 3380. The Morgan fingerprint density at radius 1 is 0.747 bits per heavy atom. The summed E-state index contributed by atoms with van der Waals surface area (Å²) in [5, 5.41) is 22.7. The van der Waals surface area contributed by atoms with Crippen LogP contribution in [0.1, 0.15) is 70.6 Å². The molecule has 22 nitrogen and oxygen atoms in total. The Morgan fingerprint density at radius 3 is 1.91 bits per heavy atom. The van der Waals surface area contributed by atoms with Gasteiger partial charge >= 0.3 is 0 Å². The van der Waals surface area contributed by atoms with Gasteiger partial charge in [0.1, 0.15) is 40.6 Å². The summed E-state index contributed by atoms with van der Waals surface area (Å²) in [6, 6.07) is 24.1. The molecule has 0 unspecified atom stereocenters. The first-order valence-corrected chi connectivity index (χ1v) is 31.8. The van der Waals surface area contributed by atoms with Gasteiger partial charge in [0.25, 0.3) is 0 Å². The summed E-state index contributed by atoms with van der Waals surface area (Å²) in [6.45, 7) is 13.3. The molecule has 488 valence electrons. The van der Waals surface area contributed by atoms with Crippen molar-refractivity contribution in [1.82, 2.24) is 25.5 Å². The molecule has 1 aliphatic carbocycles. The number of nitrogens with zero attached hydrogens (tertiary/aromatic N) is 4. The predicted octanol–water partition coefficient (Wildman–Crippen LogP) is 8.23. The SMILES string of the molecule is COc1cc2c(Oc3ccc(NC(=O)C4(C(=O)Nc5ccc(F)cc5)CC4)cc3)ccnc2cc1N1CCC(OCCOCCOCCOCCOCCOCCC(=O)N[C@H](C(=O)N2C[C@H](O)C[C@H]2C(=O)NCc2ccc(-c3scnc3C)cc2)C(C)(C)C)CC1. The van der Waals surface area contributed by atoms with E-state index in [2.05, 4.69) is 36.1 Å². The number of pyridine rings is 1. The molecule has 2 aromatic heterocycles. The molecule has 4 aromatic carbocycles. The number of hydrogen-bond acceptors (Lipinski definition) is 18. The summed E-state index contributed by atoms with van der Waals surface area (Å²) in [4.78, 5) is 80.5. The molecule has 3 atom stereocenters. The summed E-state index contributed by atoms with van der Waals surface area (Å²) in [5.74, 6) is -0.602. The number of likely N-dealkylation sites (tertiary alicyclic amines) is 1. The molecule has 3 fully saturated rings. The standard InChI is InChI=1S/C67H83FN8O14S/c1-44-60(91-43-71-44)46-8-6-45(7-9-46)41-70-62(79)56-38-50(77)42-76(56)63(80)61(66(2,3)4)74-59(78)21-27-84-28-29-85-30-31-86-32-33-87-34-35-88-36-37-89-51-19-25-75(26-20-51)55-40-54-53(39-58(55)83-5)57(18-24-69-54)90-52-16-14-49(15-17-52)73-65(82)67(22-23-67)64(81)72-48-12-10-47(68)11-13-48/h6-18,24,39-40,43,50-51,56,61,77H,19-23,25-38,41-42H2,1-5H3,(H,70,79)(H,72,81)(H,73,82)(H,74,78)/t50-,56+,61-/m1/s1. The average molecular weight is 1280 g/mol. The van der Waals surface area contributed by atoms with Crippen LogP contribution in [0.4, 0.5) is 21.5 Å². The molecule has 5 amide bonds. The molecule has 4 heterocycles. The summed E-state index contributed by atoms with van der Waals surface area (Å²) in [7, 11) is 1.64. The highest BCUT2D eigenvalue weighted by atomic mass is 32.1. The molecule has 1 saturated carbocycles. The number of amides is 5. The van der Waals surface area contributed by atoms with E-state index in [0.717, 1.165) is 64.2 Å². The maximum absolute atomic E-state index is 14.0. The number of carbonyl (C=O) groups excluding carboxylic acids is 5. The number of aryl methyl sites for hydroxylation is 1. The van der Waals surface area contributed by atoms with Crippen molar-refractivity contribution in [1.29, 1.82) is 0 Å². The second-order valence-corrected chi connectivity index (χ2v) is 24.6. The maximum atomic E-state index is 14.0. The highest BCUT2D eigenvalue weighted by Gasteiger charge is 2.56. The van der Waals surface area contributed by atoms with Crippen molar-refractivity contribution in [2.75, 3.05) is 115 Å². The number of aromatic nitrogens is 2. The third-order valence-corrected chi connectivity index (χ3v) is 17.1. The Labute approximate surface area is 533 Å². The number of aliphatic hydroxyl groups excluding tert-OH is 1. The third-order valence-electron chi connectivity index (χ3n) is 16.1. The largest absolute Gasteiger partial charge is 0.495 e. The van der Waals surface area contributed by atoms with Gasteiger partial charge in [-0.15, -0.1) is 11.3 Å². The van der Waals surface area contributed by atoms with Crippen LogP contribution in [0.3, 0.4) is 0 Å². The van der Waals surface area contributed by atoms with Crippen LogP contribution in [-0.4, -0.2) is 173 Å². The lowest BCUT2D eigenvalue weighted by molar-refractivity contribution is -0.144.